The van der Waals surface area contributed by atoms with Crippen molar-refractivity contribution >= 4 is 11.6 Å². The monoisotopic (exact) mass is 276 g/mol. The standard InChI is InChI=1S/C16H14ClFO/c17-14-5-6-15(18)13(7-14)10-16(19)8-11-3-1-2-4-12(11)9-16/h1-7,19H,8-10H2. The van der Waals surface area contributed by atoms with Crippen molar-refractivity contribution in [2.24, 2.45) is 0 Å². The average Bonchev–Trinajstić information content (AvgIpc) is 2.69. The summed E-state index contributed by atoms with van der Waals surface area (Å²) in [5.74, 6) is -0.311. The van der Waals surface area contributed by atoms with Crippen molar-refractivity contribution in [2.45, 2.75) is 24.9 Å². The molecule has 0 unspecified atom stereocenters. The molecule has 0 amide bonds. The molecule has 0 bridgehead atoms. The maximum absolute atomic E-state index is 13.8. The highest BCUT2D eigenvalue weighted by atomic mass is 35.5. The van der Waals surface area contributed by atoms with Gasteiger partial charge < -0.3 is 5.11 Å². The molecule has 3 heteroatoms. The first-order valence-electron chi connectivity index (χ1n) is 6.29. The van der Waals surface area contributed by atoms with E-state index in [4.69, 9.17) is 11.6 Å². The molecule has 3 rings (SSSR count). The Labute approximate surface area is 116 Å². The molecule has 1 N–H and O–H groups in total. The van der Waals surface area contributed by atoms with Crippen LogP contribution in [0, 0.1) is 5.82 Å². The molecule has 0 spiro atoms. The molecule has 19 heavy (non-hydrogen) atoms. The minimum Gasteiger partial charge on any atom is -0.389 e. The molecule has 0 heterocycles. The SMILES string of the molecule is OC1(Cc2cc(Cl)ccc2F)Cc2ccccc2C1. The third-order valence-electron chi connectivity index (χ3n) is 3.68. The molecule has 98 valence electrons. The van der Waals surface area contributed by atoms with Crippen molar-refractivity contribution in [2.75, 3.05) is 0 Å². The van der Waals surface area contributed by atoms with Gasteiger partial charge in [-0.3, -0.25) is 0 Å². The van der Waals surface area contributed by atoms with E-state index in [1.807, 2.05) is 24.3 Å². The van der Waals surface area contributed by atoms with E-state index < -0.39 is 5.60 Å². The highest BCUT2D eigenvalue weighted by Crippen LogP contribution is 2.33. The van der Waals surface area contributed by atoms with Gasteiger partial charge in [0.15, 0.2) is 0 Å². The second-order valence-corrected chi connectivity index (χ2v) is 5.70. The Hall–Kier alpha value is -1.38. The second-order valence-electron chi connectivity index (χ2n) is 5.26. The molecular formula is C16H14ClFO. The highest BCUT2D eigenvalue weighted by Gasteiger charge is 2.35. The van der Waals surface area contributed by atoms with Crippen LogP contribution in [0.1, 0.15) is 16.7 Å². The summed E-state index contributed by atoms with van der Waals surface area (Å²) in [4.78, 5) is 0. The number of halogens is 2. The summed E-state index contributed by atoms with van der Waals surface area (Å²) >= 11 is 5.89. The first kappa shape index (κ1) is 12.6. The molecule has 0 saturated carbocycles. The number of benzene rings is 2. The molecule has 0 radical (unpaired) electrons. The van der Waals surface area contributed by atoms with Gasteiger partial charge >= 0.3 is 0 Å². The summed E-state index contributed by atoms with van der Waals surface area (Å²) in [6, 6.07) is 12.4. The zero-order valence-corrected chi connectivity index (χ0v) is 11.1. The molecule has 0 aromatic heterocycles. The van der Waals surface area contributed by atoms with Crippen LogP contribution in [0.2, 0.25) is 5.02 Å². The van der Waals surface area contributed by atoms with E-state index in [9.17, 15) is 9.50 Å². The predicted molar refractivity (Wildman–Crippen MR) is 73.9 cm³/mol. The Morgan fingerprint density at radius 3 is 2.37 bits per heavy atom. The maximum atomic E-state index is 13.8. The van der Waals surface area contributed by atoms with E-state index in [-0.39, 0.29) is 12.2 Å². The lowest BCUT2D eigenvalue weighted by Gasteiger charge is -2.22. The Balaban J connectivity index is 1.87. The van der Waals surface area contributed by atoms with Crippen LogP contribution in [0.15, 0.2) is 42.5 Å². The van der Waals surface area contributed by atoms with Gasteiger partial charge in [-0.05, 0) is 34.9 Å². The Kier molecular flexibility index (Phi) is 3.08. The number of hydrogen-bond acceptors (Lipinski definition) is 1. The van der Waals surface area contributed by atoms with Crippen LogP contribution in [0.5, 0.6) is 0 Å². The summed E-state index contributed by atoms with van der Waals surface area (Å²) in [5, 5.41) is 11.2. The van der Waals surface area contributed by atoms with Crippen LogP contribution in [0.4, 0.5) is 4.39 Å². The third-order valence-corrected chi connectivity index (χ3v) is 3.92. The van der Waals surface area contributed by atoms with E-state index in [1.165, 1.54) is 12.1 Å². The Morgan fingerprint density at radius 2 is 1.74 bits per heavy atom. The van der Waals surface area contributed by atoms with Crippen LogP contribution in [0.25, 0.3) is 0 Å². The fourth-order valence-corrected chi connectivity index (χ4v) is 3.03. The quantitative estimate of drug-likeness (QED) is 0.889. The molecule has 0 aliphatic heterocycles. The molecule has 1 aliphatic rings. The zero-order valence-electron chi connectivity index (χ0n) is 10.4. The zero-order chi connectivity index (χ0) is 13.5. The van der Waals surface area contributed by atoms with Crippen LogP contribution < -0.4 is 0 Å². The first-order valence-corrected chi connectivity index (χ1v) is 6.67. The Morgan fingerprint density at radius 1 is 1.11 bits per heavy atom. The van der Waals surface area contributed by atoms with Gasteiger partial charge in [0.1, 0.15) is 5.82 Å². The predicted octanol–water partition coefficient (Wildman–Crippen LogP) is 3.55. The lowest BCUT2D eigenvalue weighted by atomic mass is 9.91. The molecule has 2 aromatic carbocycles. The molecule has 0 atom stereocenters. The largest absolute Gasteiger partial charge is 0.389 e. The second kappa shape index (κ2) is 4.62. The molecule has 0 saturated heterocycles. The van der Waals surface area contributed by atoms with Gasteiger partial charge in [-0.2, -0.15) is 0 Å². The van der Waals surface area contributed by atoms with Crippen molar-refractivity contribution in [1.82, 2.24) is 0 Å². The number of hydrogen-bond donors (Lipinski definition) is 1. The van der Waals surface area contributed by atoms with Crippen LogP contribution in [-0.4, -0.2) is 10.7 Å². The highest BCUT2D eigenvalue weighted by molar-refractivity contribution is 6.30. The van der Waals surface area contributed by atoms with E-state index in [0.29, 0.717) is 23.4 Å². The van der Waals surface area contributed by atoms with Crippen LogP contribution in [0.3, 0.4) is 0 Å². The van der Waals surface area contributed by atoms with E-state index >= 15 is 0 Å². The summed E-state index contributed by atoms with van der Waals surface area (Å²) in [5.41, 5.74) is 1.86. The number of fused-ring (bicyclic) bond motifs is 1. The van der Waals surface area contributed by atoms with Gasteiger partial charge in [-0.15, -0.1) is 0 Å². The van der Waals surface area contributed by atoms with Gasteiger partial charge in [0.2, 0.25) is 0 Å². The van der Waals surface area contributed by atoms with Crippen LogP contribution in [-0.2, 0) is 19.3 Å². The molecule has 1 nitrogen and oxygen atoms in total. The average molecular weight is 277 g/mol. The summed E-state index contributed by atoms with van der Waals surface area (Å²) in [7, 11) is 0. The maximum Gasteiger partial charge on any atom is 0.126 e. The van der Waals surface area contributed by atoms with E-state index in [0.717, 1.165) is 11.1 Å². The van der Waals surface area contributed by atoms with E-state index in [2.05, 4.69) is 0 Å². The van der Waals surface area contributed by atoms with Crippen molar-refractivity contribution < 1.29 is 9.50 Å². The van der Waals surface area contributed by atoms with Crippen molar-refractivity contribution in [3.05, 3.63) is 70.0 Å². The molecule has 1 aliphatic carbocycles. The lowest BCUT2D eigenvalue weighted by Crippen LogP contribution is -2.32. The van der Waals surface area contributed by atoms with Gasteiger partial charge in [-0.1, -0.05) is 35.9 Å². The molecule has 0 fully saturated rings. The Bertz CT molecular complexity index is 599. The minimum atomic E-state index is -0.908. The van der Waals surface area contributed by atoms with Crippen molar-refractivity contribution in [1.29, 1.82) is 0 Å². The van der Waals surface area contributed by atoms with E-state index in [1.54, 1.807) is 6.07 Å². The lowest BCUT2D eigenvalue weighted by molar-refractivity contribution is 0.0509. The summed E-state index contributed by atoms with van der Waals surface area (Å²) in [6.45, 7) is 0. The van der Waals surface area contributed by atoms with Gasteiger partial charge in [-0.25, -0.2) is 4.39 Å². The fraction of sp³-hybridized carbons (Fsp3) is 0.250. The molecule has 2 aromatic rings. The number of aliphatic hydroxyl groups is 1. The van der Waals surface area contributed by atoms with Gasteiger partial charge in [0.25, 0.3) is 0 Å². The van der Waals surface area contributed by atoms with Gasteiger partial charge in [0, 0.05) is 24.3 Å². The fourth-order valence-electron chi connectivity index (χ4n) is 2.83. The minimum absolute atomic E-state index is 0.286. The van der Waals surface area contributed by atoms with Crippen molar-refractivity contribution in [3.63, 3.8) is 0 Å². The summed E-state index contributed by atoms with van der Waals surface area (Å²) < 4.78 is 13.8. The topological polar surface area (TPSA) is 20.2 Å². The van der Waals surface area contributed by atoms with Gasteiger partial charge in [0.05, 0.1) is 5.60 Å². The van der Waals surface area contributed by atoms with Crippen LogP contribution >= 0.6 is 11.6 Å². The summed E-state index contributed by atoms with van der Waals surface area (Å²) in [6.07, 6.45) is 1.42. The number of rotatable bonds is 2. The molecular weight excluding hydrogens is 263 g/mol. The van der Waals surface area contributed by atoms with Crippen molar-refractivity contribution in [3.8, 4) is 0 Å². The third kappa shape index (κ3) is 2.51. The first-order chi connectivity index (χ1) is 9.06. The smallest absolute Gasteiger partial charge is 0.126 e. The normalized spacial score (nSPS) is 16.4.